The van der Waals surface area contributed by atoms with Crippen LogP contribution in [-0.4, -0.2) is 189 Å². The van der Waals surface area contributed by atoms with Crippen molar-refractivity contribution in [2.24, 2.45) is 5.92 Å². The molecule has 1 fully saturated rings. The molecular formula is C41H59N11O14S2. The second kappa shape index (κ2) is 24.9. The van der Waals surface area contributed by atoms with Gasteiger partial charge in [0.1, 0.15) is 48.7 Å². The van der Waals surface area contributed by atoms with E-state index in [1.807, 2.05) is 0 Å². The lowest BCUT2D eigenvalue weighted by Crippen LogP contribution is -2.61. The van der Waals surface area contributed by atoms with Crippen LogP contribution in [0.5, 0.6) is 5.75 Å². The highest BCUT2D eigenvalue weighted by atomic mass is 32.2. The fourth-order valence-corrected chi connectivity index (χ4v) is 9.09. The van der Waals surface area contributed by atoms with Crippen molar-refractivity contribution in [2.45, 2.75) is 93.0 Å². The van der Waals surface area contributed by atoms with Gasteiger partial charge in [-0.25, -0.2) is 10.2 Å². The average Bonchev–Trinajstić information content (AvgIpc) is 3.85. The lowest BCUT2D eigenvalue weighted by atomic mass is 9.98. The van der Waals surface area contributed by atoms with E-state index in [4.69, 9.17) is 4.74 Å². The second-order valence-electron chi connectivity index (χ2n) is 16.5. The van der Waals surface area contributed by atoms with Crippen molar-refractivity contribution >= 4 is 87.8 Å². The normalized spacial score (nSPS) is 25.8. The lowest BCUT2D eigenvalue weighted by molar-refractivity contribution is -0.140. The zero-order chi connectivity index (χ0) is 49.7. The van der Waals surface area contributed by atoms with Crippen LogP contribution in [0.3, 0.4) is 0 Å². The fraction of sp³-hybridized carbons (Fsp3) is 0.585. The Balaban J connectivity index is 1.62. The number of phenolic OH excluding ortho intramolecular Hbond substituents is 1. The first-order valence-electron chi connectivity index (χ1n) is 21.8. The van der Waals surface area contributed by atoms with E-state index in [1.54, 1.807) is 20.1 Å². The van der Waals surface area contributed by atoms with Crippen molar-refractivity contribution in [3.63, 3.8) is 0 Å². The summed E-state index contributed by atoms with van der Waals surface area (Å²) >= 11 is 2.35. The van der Waals surface area contributed by atoms with Crippen LogP contribution in [0.25, 0.3) is 10.9 Å². The smallest absolute Gasteiger partial charge is 0.426 e. The average molecular weight is 994 g/mol. The monoisotopic (exact) mass is 993 g/mol. The van der Waals surface area contributed by atoms with Gasteiger partial charge in [-0.1, -0.05) is 20.3 Å². The van der Waals surface area contributed by atoms with E-state index in [0.717, 1.165) is 16.7 Å². The number of rotatable bonds is 9. The van der Waals surface area contributed by atoms with Crippen molar-refractivity contribution in [1.29, 1.82) is 0 Å². The number of hydrogen-bond acceptors (Lipinski definition) is 17. The molecule has 4 heterocycles. The molecule has 68 heavy (non-hydrogen) atoms. The molecule has 25 nitrogen and oxygen atoms in total. The summed E-state index contributed by atoms with van der Waals surface area (Å²) in [7, 11) is 0. The molecule has 14 N–H and O–H groups in total. The molecule has 374 valence electrons. The van der Waals surface area contributed by atoms with Gasteiger partial charge in [0.25, 0.3) is 0 Å². The summed E-state index contributed by atoms with van der Waals surface area (Å²) in [5, 5.41) is 61.0. The number of H-pyrrole nitrogens is 1. The van der Waals surface area contributed by atoms with Crippen LogP contribution in [0.4, 0.5) is 4.79 Å². The number of carbonyl (C=O) groups is 9. The number of hydrogen-bond donors (Lipinski definition) is 14. The van der Waals surface area contributed by atoms with Crippen LogP contribution in [0.2, 0.25) is 0 Å². The summed E-state index contributed by atoms with van der Waals surface area (Å²) in [6.45, 7) is 0.530. The number of carbonyl (C=O) groups excluding carboxylic acids is 9. The summed E-state index contributed by atoms with van der Waals surface area (Å²) in [5.41, 5.74) is 4.91. The topological polar surface area (TPSA) is 371 Å². The molecule has 3 aliphatic heterocycles. The third-order valence-corrected chi connectivity index (χ3v) is 13.2. The largest absolute Gasteiger partial charge is 0.508 e. The molecule has 0 spiro atoms. The highest BCUT2D eigenvalue weighted by molar-refractivity contribution is 7.99. The number of nitrogens with one attached hydrogen (secondary N) is 10. The van der Waals surface area contributed by atoms with Crippen molar-refractivity contribution < 1.29 is 68.3 Å². The Labute approximate surface area is 398 Å². The number of nitrogens with zero attached hydrogens (tertiary/aromatic N) is 1. The van der Waals surface area contributed by atoms with Crippen LogP contribution >= 0.6 is 23.5 Å². The maximum atomic E-state index is 14.5. The highest BCUT2D eigenvalue weighted by Crippen LogP contribution is 2.33. The second-order valence-corrected chi connectivity index (χ2v) is 18.5. The van der Waals surface area contributed by atoms with Gasteiger partial charge >= 0.3 is 6.09 Å². The number of thioether (sulfide) groups is 2. The van der Waals surface area contributed by atoms with Gasteiger partial charge in [0, 0.05) is 48.5 Å². The third kappa shape index (κ3) is 14.3. The molecule has 5 rings (SSSR count). The summed E-state index contributed by atoms with van der Waals surface area (Å²) in [4.78, 5) is 128. The Kier molecular flexibility index (Phi) is 19.5. The van der Waals surface area contributed by atoms with Crippen LogP contribution in [0, 0.1) is 5.92 Å². The Morgan fingerprint density at radius 2 is 1.66 bits per heavy atom. The van der Waals surface area contributed by atoms with E-state index in [1.165, 1.54) is 30.0 Å². The van der Waals surface area contributed by atoms with Gasteiger partial charge in [-0.05, 0) is 36.3 Å². The number of aromatic hydroxyl groups is 1. The summed E-state index contributed by atoms with van der Waals surface area (Å²) in [5.74, 6) is -7.65. The molecule has 1 saturated heterocycles. The van der Waals surface area contributed by atoms with E-state index < -0.39 is 134 Å². The molecule has 0 saturated carbocycles. The van der Waals surface area contributed by atoms with Gasteiger partial charge in [-0.15, -0.1) is 11.8 Å². The Hall–Kier alpha value is -5.87. The van der Waals surface area contributed by atoms with Crippen molar-refractivity contribution in [3.8, 4) is 5.75 Å². The Bertz CT molecular complexity index is 2200. The molecule has 3 aliphatic rings. The minimum atomic E-state index is -1.79. The molecular weight excluding hydrogens is 935 g/mol. The van der Waals surface area contributed by atoms with Crippen LogP contribution in [-0.2, 0) is 49.5 Å². The molecule has 0 radical (unpaired) electrons. The van der Waals surface area contributed by atoms with Gasteiger partial charge in [0.05, 0.1) is 42.8 Å². The van der Waals surface area contributed by atoms with Crippen LogP contribution < -0.4 is 48.1 Å². The van der Waals surface area contributed by atoms with Crippen LogP contribution in [0.1, 0.15) is 38.7 Å². The maximum Gasteiger partial charge on any atom is 0.426 e. The maximum absolute atomic E-state index is 14.5. The fourth-order valence-electron chi connectivity index (χ4n) is 7.72. The minimum absolute atomic E-state index is 0.0206. The first-order chi connectivity index (χ1) is 32.4. The first-order valence-corrected chi connectivity index (χ1v) is 24.2. The number of aliphatic hydroxyl groups is 3. The molecule has 2 bridgehead atoms. The number of aromatic amines is 1. The number of benzene rings is 1. The number of aromatic nitrogens is 1. The van der Waals surface area contributed by atoms with Crippen molar-refractivity contribution in [3.05, 3.63) is 23.8 Å². The number of amides is 9. The molecule has 2 aromatic rings. The zero-order valence-electron chi connectivity index (χ0n) is 37.5. The number of aliphatic hydroxyl groups excluding tert-OH is 3. The number of fused-ring (bicyclic) bond motifs is 5. The third-order valence-electron chi connectivity index (χ3n) is 11.5. The van der Waals surface area contributed by atoms with E-state index >= 15 is 0 Å². The predicted molar refractivity (Wildman–Crippen MR) is 244 cm³/mol. The van der Waals surface area contributed by atoms with Crippen molar-refractivity contribution in [1.82, 2.24) is 58.0 Å². The van der Waals surface area contributed by atoms with E-state index in [0.29, 0.717) is 28.6 Å². The number of ether oxygens (including phenoxy) is 1. The van der Waals surface area contributed by atoms with Gasteiger partial charge in [-0.2, -0.15) is 11.8 Å². The van der Waals surface area contributed by atoms with Crippen LogP contribution in [0.15, 0.2) is 23.2 Å². The predicted octanol–water partition coefficient (Wildman–Crippen LogP) is -4.46. The van der Waals surface area contributed by atoms with E-state index in [2.05, 4.69) is 53.1 Å². The van der Waals surface area contributed by atoms with Gasteiger partial charge in [-0.3, -0.25) is 43.8 Å². The summed E-state index contributed by atoms with van der Waals surface area (Å²) in [6, 6.07) is -4.31. The molecule has 9 atom stereocenters. The van der Waals surface area contributed by atoms with Crippen molar-refractivity contribution in [2.75, 3.05) is 57.2 Å². The molecule has 9 amide bonds. The molecule has 27 heteroatoms. The summed E-state index contributed by atoms with van der Waals surface area (Å²) in [6.07, 6.45) is -2.97. The summed E-state index contributed by atoms with van der Waals surface area (Å²) < 4.78 is 4.98. The Morgan fingerprint density at radius 1 is 0.941 bits per heavy atom. The SMILES string of the molecule is CCC(C)[C@@H]1NC(=O)CNC(=O)[C@@H]2Cc3c([nH]c4cc(O)ccc34)SC[C@@H](NC(=O)CNC1=O)C(=O)N[C@@H](CC(=O)NNC(=O)OCCSC)C(=O)N1C[C@H](O)C[C@H]1CN[C@@H]([C@@H](O)CO)C(=O)N2. The Morgan fingerprint density at radius 3 is 2.37 bits per heavy atom. The zero-order valence-corrected chi connectivity index (χ0v) is 39.2. The van der Waals surface area contributed by atoms with Gasteiger partial charge in [0.2, 0.25) is 47.3 Å². The van der Waals surface area contributed by atoms with Gasteiger partial charge in [0.15, 0.2) is 0 Å². The van der Waals surface area contributed by atoms with Gasteiger partial charge < -0.3 is 72.3 Å². The minimum Gasteiger partial charge on any atom is -0.508 e. The quantitative estimate of drug-likeness (QED) is 0.0832. The number of hydrazine groups is 1. The first kappa shape index (κ1) is 53.1. The molecule has 1 unspecified atom stereocenters. The lowest BCUT2D eigenvalue weighted by Gasteiger charge is -2.32. The molecule has 0 aliphatic carbocycles. The van der Waals surface area contributed by atoms with E-state index in [-0.39, 0.29) is 49.1 Å². The standard InChI is InChI=1S/C41H59N11O14S2/c1-4-19(2)33-37(62)44-14-31(58)45-28-18-68-39-24(23-6-5-21(54)10-25(23)48-39)11-26(35(60)43-15-32(59)49-33)46-38(63)34(29(56)17-53)42-13-20-9-22(55)16-52(20)40(64)27(47-36(28)61)12-30(57)50-51-41(65)66-7-8-67-3/h5-6,10,19-20,22,26-29,33-34,42,48,53-56H,4,7-9,11-18H2,1-3H3,(H,43,60)(H,44,62)(H,45,58)(H,46,63)(H,47,61)(H,49,59)(H,50,57)(H,51,65)/t19?,20-,22+,26-,27-,28+,29-,33-,34-/m0/s1. The molecule has 1 aromatic heterocycles. The highest BCUT2D eigenvalue weighted by Gasteiger charge is 2.41. The van der Waals surface area contributed by atoms with E-state index in [9.17, 15) is 63.6 Å². The molecule has 1 aromatic carbocycles. The number of phenols is 1.